The van der Waals surface area contributed by atoms with Crippen LogP contribution in [0, 0.1) is 5.92 Å². The third-order valence-electron chi connectivity index (χ3n) is 3.34. The lowest BCUT2D eigenvalue weighted by atomic mass is 10.1. The largest absolute Gasteiger partial charge is 0.348 e. The minimum atomic E-state index is 0.341. The van der Waals surface area contributed by atoms with E-state index in [0.29, 0.717) is 18.0 Å². The molecule has 1 N–H and O–H groups in total. The Bertz CT molecular complexity index is 335. The molecule has 0 spiro atoms. The first-order valence-corrected chi connectivity index (χ1v) is 7.27. The van der Waals surface area contributed by atoms with Gasteiger partial charge in [-0.3, -0.25) is 0 Å². The number of anilines is 1. The molecule has 0 aliphatic carbocycles. The van der Waals surface area contributed by atoms with Gasteiger partial charge in [-0.2, -0.15) is 0 Å². The minimum absolute atomic E-state index is 0.341. The van der Waals surface area contributed by atoms with E-state index in [9.17, 15) is 0 Å². The van der Waals surface area contributed by atoms with E-state index < -0.39 is 0 Å². The van der Waals surface area contributed by atoms with Gasteiger partial charge < -0.3 is 10.2 Å². The standard InChI is InChI=1S/C13H25N3S/c1-7-14-10(4)12-8-17-13(15-12)16(6)11(5)9(2)3/h8-11,14H,7H2,1-6H3. The number of nitrogens with one attached hydrogen (secondary N) is 1. The van der Waals surface area contributed by atoms with Crippen LogP contribution in [0.1, 0.15) is 46.4 Å². The summed E-state index contributed by atoms with van der Waals surface area (Å²) < 4.78 is 0. The highest BCUT2D eigenvalue weighted by molar-refractivity contribution is 7.13. The molecule has 0 radical (unpaired) electrons. The Morgan fingerprint density at radius 3 is 2.53 bits per heavy atom. The molecule has 0 aliphatic rings. The maximum atomic E-state index is 4.71. The van der Waals surface area contributed by atoms with Crippen molar-refractivity contribution >= 4 is 16.5 Å². The molecule has 98 valence electrons. The number of nitrogens with zero attached hydrogens (tertiary/aromatic N) is 2. The van der Waals surface area contributed by atoms with Gasteiger partial charge in [-0.1, -0.05) is 20.8 Å². The maximum absolute atomic E-state index is 4.71. The first-order chi connectivity index (χ1) is 7.97. The van der Waals surface area contributed by atoms with Crippen LogP contribution in [0.15, 0.2) is 5.38 Å². The molecule has 3 nitrogen and oxygen atoms in total. The number of thiazole rings is 1. The fourth-order valence-corrected chi connectivity index (χ4v) is 2.64. The number of aromatic nitrogens is 1. The van der Waals surface area contributed by atoms with Crippen LogP contribution in [0.2, 0.25) is 0 Å². The van der Waals surface area contributed by atoms with E-state index in [-0.39, 0.29) is 0 Å². The first-order valence-electron chi connectivity index (χ1n) is 6.39. The van der Waals surface area contributed by atoms with Crippen molar-refractivity contribution in [2.45, 2.75) is 46.7 Å². The summed E-state index contributed by atoms with van der Waals surface area (Å²) in [6.07, 6.45) is 0. The van der Waals surface area contributed by atoms with Gasteiger partial charge in [-0.15, -0.1) is 11.3 Å². The van der Waals surface area contributed by atoms with Gasteiger partial charge in [0.2, 0.25) is 0 Å². The number of hydrogen-bond acceptors (Lipinski definition) is 4. The number of rotatable bonds is 6. The Balaban J connectivity index is 2.73. The summed E-state index contributed by atoms with van der Waals surface area (Å²) in [6.45, 7) is 12.0. The van der Waals surface area contributed by atoms with Crippen molar-refractivity contribution in [3.8, 4) is 0 Å². The lowest BCUT2D eigenvalue weighted by Gasteiger charge is -2.27. The second-order valence-electron chi connectivity index (χ2n) is 4.93. The smallest absolute Gasteiger partial charge is 0.185 e. The van der Waals surface area contributed by atoms with E-state index in [0.717, 1.165) is 17.4 Å². The molecular formula is C13H25N3S. The molecule has 2 unspecified atom stereocenters. The third-order valence-corrected chi connectivity index (χ3v) is 4.29. The maximum Gasteiger partial charge on any atom is 0.185 e. The van der Waals surface area contributed by atoms with Gasteiger partial charge in [0, 0.05) is 24.5 Å². The Morgan fingerprint density at radius 1 is 1.35 bits per heavy atom. The second kappa shape index (κ2) is 6.36. The molecule has 2 atom stereocenters. The van der Waals surface area contributed by atoms with Crippen LogP contribution in [-0.4, -0.2) is 24.6 Å². The molecular weight excluding hydrogens is 230 g/mol. The van der Waals surface area contributed by atoms with Crippen LogP contribution < -0.4 is 10.2 Å². The van der Waals surface area contributed by atoms with Gasteiger partial charge in [0.05, 0.1) is 5.69 Å². The number of hydrogen-bond donors (Lipinski definition) is 1. The molecule has 1 heterocycles. The Morgan fingerprint density at radius 2 is 2.00 bits per heavy atom. The van der Waals surface area contributed by atoms with E-state index in [1.807, 2.05) is 0 Å². The van der Waals surface area contributed by atoms with Gasteiger partial charge in [-0.05, 0) is 26.3 Å². The zero-order chi connectivity index (χ0) is 13.0. The Labute approximate surface area is 109 Å². The van der Waals surface area contributed by atoms with Gasteiger partial charge in [0.25, 0.3) is 0 Å². The zero-order valence-corrected chi connectivity index (χ0v) is 12.6. The first kappa shape index (κ1) is 14.5. The van der Waals surface area contributed by atoms with Crippen molar-refractivity contribution < 1.29 is 0 Å². The molecule has 17 heavy (non-hydrogen) atoms. The van der Waals surface area contributed by atoms with Crippen LogP contribution in [-0.2, 0) is 0 Å². The normalized spacial score (nSPS) is 15.0. The molecule has 0 bridgehead atoms. The predicted molar refractivity (Wildman–Crippen MR) is 76.9 cm³/mol. The minimum Gasteiger partial charge on any atom is -0.348 e. The van der Waals surface area contributed by atoms with Crippen molar-refractivity contribution in [1.82, 2.24) is 10.3 Å². The van der Waals surface area contributed by atoms with E-state index in [1.54, 1.807) is 11.3 Å². The zero-order valence-electron chi connectivity index (χ0n) is 11.8. The van der Waals surface area contributed by atoms with Crippen LogP contribution in [0.5, 0.6) is 0 Å². The summed E-state index contributed by atoms with van der Waals surface area (Å²) in [6, 6.07) is 0.858. The van der Waals surface area contributed by atoms with Crippen molar-refractivity contribution in [2.75, 3.05) is 18.5 Å². The molecule has 1 rings (SSSR count). The van der Waals surface area contributed by atoms with Crippen LogP contribution in [0.3, 0.4) is 0 Å². The molecule has 0 saturated carbocycles. The molecule has 0 fully saturated rings. The van der Waals surface area contributed by atoms with Gasteiger partial charge in [-0.25, -0.2) is 4.98 Å². The monoisotopic (exact) mass is 255 g/mol. The topological polar surface area (TPSA) is 28.2 Å². The summed E-state index contributed by atoms with van der Waals surface area (Å²) >= 11 is 1.73. The lowest BCUT2D eigenvalue weighted by Crippen LogP contribution is -2.33. The van der Waals surface area contributed by atoms with Crippen LogP contribution in [0.4, 0.5) is 5.13 Å². The fourth-order valence-electron chi connectivity index (χ4n) is 1.67. The van der Waals surface area contributed by atoms with Crippen molar-refractivity contribution in [3.63, 3.8) is 0 Å². The highest BCUT2D eigenvalue weighted by Crippen LogP contribution is 2.26. The fraction of sp³-hybridized carbons (Fsp3) is 0.769. The lowest BCUT2D eigenvalue weighted by molar-refractivity contribution is 0.504. The highest BCUT2D eigenvalue weighted by atomic mass is 32.1. The van der Waals surface area contributed by atoms with Gasteiger partial charge in [0.15, 0.2) is 5.13 Å². The average molecular weight is 255 g/mol. The van der Waals surface area contributed by atoms with E-state index in [2.05, 4.69) is 57.3 Å². The van der Waals surface area contributed by atoms with Gasteiger partial charge in [0.1, 0.15) is 0 Å². The molecule has 1 aromatic rings. The Hall–Kier alpha value is -0.610. The summed E-state index contributed by atoms with van der Waals surface area (Å²) in [5.74, 6) is 0.638. The average Bonchev–Trinajstić information content (AvgIpc) is 2.76. The summed E-state index contributed by atoms with van der Waals surface area (Å²) in [5.41, 5.74) is 1.15. The molecule has 0 aliphatic heterocycles. The third kappa shape index (κ3) is 3.68. The molecule has 0 amide bonds. The summed E-state index contributed by atoms with van der Waals surface area (Å²) in [5, 5.41) is 6.67. The molecule has 1 aromatic heterocycles. The summed E-state index contributed by atoms with van der Waals surface area (Å²) in [7, 11) is 2.13. The van der Waals surface area contributed by atoms with Crippen molar-refractivity contribution in [2.24, 2.45) is 5.92 Å². The second-order valence-corrected chi connectivity index (χ2v) is 5.77. The SMILES string of the molecule is CCNC(C)c1csc(N(C)C(C)C(C)C)n1. The van der Waals surface area contributed by atoms with E-state index >= 15 is 0 Å². The van der Waals surface area contributed by atoms with Crippen molar-refractivity contribution in [3.05, 3.63) is 11.1 Å². The van der Waals surface area contributed by atoms with E-state index in [1.165, 1.54) is 0 Å². The molecule has 0 saturated heterocycles. The molecule has 0 aromatic carbocycles. The predicted octanol–water partition coefficient (Wildman–Crippen LogP) is 3.29. The highest BCUT2D eigenvalue weighted by Gasteiger charge is 2.17. The van der Waals surface area contributed by atoms with Gasteiger partial charge >= 0.3 is 0 Å². The Kier molecular flexibility index (Phi) is 5.40. The summed E-state index contributed by atoms with van der Waals surface area (Å²) in [4.78, 5) is 6.99. The van der Waals surface area contributed by atoms with Crippen molar-refractivity contribution in [1.29, 1.82) is 0 Å². The quantitative estimate of drug-likeness (QED) is 0.845. The van der Waals surface area contributed by atoms with E-state index in [4.69, 9.17) is 4.98 Å². The van der Waals surface area contributed by atoms with Crippen LogP contribution in [0.25, 0.3) is 0 Å². The van der Waals surface area contributed by atoms with Crippen LogP contribution >= 0.6 is 11.3 Å². The molecule has 4 heteroatoms.